The van der Waals surface area contributed by atoms with E-state index in [0.717, 1.165) is 31.0 Å². The normalized spacial score (nSPS) is 35.5. The minimum absolute atomic E-state index is 0.0210. The summed E-state index contributed by atoms with van der Waals surface area (Å²) >= 11 is 3.40. The molecule has 0 aromatic carbocycles. The van der Waals surface area contributed by atoms with Crippen LogP contribution in [0.3, 0.4) is 0 Å². The van der Waals surface area contributed by atoms with Gasteiger partial charge in [0.05, 0.1) is 24.0 Å². The van der Waals surface area contributed by atoms with Gasteiger partial charge in [0, 0.05) is 11.9 Å². The molecular weight excluding hydrogens is 310 g/mol. The number of halogens is 1. The Labute approximate surface area is 121 Å². The molecule has 0 aromatic heterocycles. The minimum Gasteiger partial charge on any atom is -0.365 e. The van der Waals surface area contributed by atoms with E-state index < -0.39 is 0 Å². The Morgan fingerprint density at radius 3 is 2.16 bits per heavy atom. The van der Waals surface area contributed by atoms with Crippen LogP contribution in [0.25, 0.3) is 0 Å². The van der Waals surface area contributed by atoms with Gasteiger partial charge in [-0.1, -0.05) is 40.9 Å². The molecule has 4 atom stereocenters. The van der Waals surface area contributed by atoms with Gasteiger partial charge in [0.2, 0.25) is 11.8 Å². The van der Waals surface area contributed by atoms with Crippen molar-refractivity contribution < 1.29 is 14.3 Å². The van der Waals surface area contributed by atoms with Crippen LogP contribution in [0, 0.1) is 11.8 Å². The molecule has 0 spiro atoms. The lowest BCUT2D eigenvalue weighted by Crippen LogP contribution is -2.35. The zero-order valence-corrected chi connectivity index (χ0v) is 12.3. The second kappa shape index (κ2) is 5.37. The molecule has 3 heterocycles. The summed E-state index contributed by atoms with van der Waals surface area (Å²) in [5.74, 6) is -0.533. The molecule has 104 valence electrons. The van der Waals surface area contributed by atoms with Crippen molar-refractivity contribution in [2.45, 2.75) is 37.9 Å². The van der Waals surface area contributed by atoms with Gasteiger partial charge in [-0.25, -0.2) is 0 Å². The number of carbonyl (C=O) groups excluding carboxylic acids is 2. The summed E-state index contributed by atoms with van der Waals surface area (Å²) in [5.41, 5.74) is 0. The van der Waals surface area contributed by atoms with E-state index in [1.54, 1.807) is 0 Å². The van der Waals surface area contributed by atoms with Gasteiger partial charge >= 0.3 is 0 Å². The van der Waals surface area contributed by atoms with Gasteiger partial charge in [-0.3, -0.25) is 14.5 Å². The number of alkyl halides is 1. The van der Waals surface area contributed by atoms with Crippen molar-refractivity contribution in [2.24, 2.45) is 11.8 Å². The van der Waals surface area contributed by atoms with Crippen LogP contribution >= 0.6 is 15.9 Å². The maximum absolute atomic E-state index is 12.3. The molecule has 0 unspecified atom stereocenters. The van der Waals surface area contributed by atoms with E-state index in [2.05, 4.69) is 15.9 Å². The van der Waals surface area contributed by atoms with Crippen molar-refractivity contribution in [2.75, 3.05) is 11.9 Å². The zero-order chi connectivity index (χ0) is 13.4. The molecule has 0 saturated carbocycles. The topological polar surface area (TPSA) is 46.6 Å². The SMILES string of the molecule is O=C1[C@@H]2[C@H](C(=O)N1CCCCCCBr)[C@H]1C=C[C@@H]2O1. The number of unbranched alkanes of at least 4 members (excludes halogenated alkanes) is 3. The molecule has 2 saturated heterocycles. The van der Waals surface area contributed by atoms with Crippen LogP contribution < -0.4 is 0 Å². The maximum atomic E-state index is 12.3. The van der Waals surface area contributed by atoms with Crippen LogP contribution in [0.15, 0.2) is 12.2 Å². The van der Waals surface area contributed by atoms with Crippen molar-refractivity contribution in [3.05, 3.63) is 12.2 Å². The van der Waals surface area contributed by atoms with Crippen molar-refractivity contribution in [3.8, 4) is 0 Å². The van der Waals surface area contributed by atoms with Crippen molar-refractivity contribution in [1.29, 1.82) is 0 Å². The third-order valence-electron chi connectivity index (χ3n) is 4.27. The smallest absolute Gasteiger partial charge is 0.236 e. The fourth-order valence-electron chi connectivity index (χ4n) is 3.30. The largest absolute Gasteiger partial charge is 0.365 e. The van der Waals surface area contributed by atoms with Crippen molar-refractivity contribution in [1.82, 2.24) is 4.90 Å². The Bertz CT molecular complexity index is 393. The van der Waals surface area contributed by atoms with Crippen LogP contribution in [-0.2, 0) is 14.3 Å². The molecule has 19 heavy (non-hydrogen) atoms. The first-order chi connectivity index (χ1) is 9.24. The molecular formula is C14H18BrNO3. The van der Waals surface area contributed by atoms with E-state index in [1.807, 2.05) is 12.2 Å². The molecule has 5 heteroatoms. The Balaban J connectivity index is 1.57. The molecule has 0 radical (unpaired) electrons. The molecule has 2 amide bonds. The van der Waals surface area contributed by atoms with Crippen LogP contribution in [0.4, 0.5) is 0 Å². The van der Waals surface area contributed by atoms with Gasteiger partial charge in [0.1, 0.15) is 0 Å². The van der Waals surface area contributed by atoms with Crippen molar-refractivity contribution in [3.63, 3.8) is 0 Å². The average molecular weight is 328 g/mol. The third kappa shape index (κ3) is 2.17. The Morgan fingerprint density at radius 1 is 1.00 bits per heavy atom. The van der Waals surface area contributed by atoms with E-state index in [4.69, 9.17) is 4.74 Å². The van der Waals surface area contributed by atoms with Crippen LogP contribution in [0.1, 0.15) is 25.7 Å². The van der Waals surface area contributed by atoms with Gasteiger partial charge in [-0.2, -0.15) is 0 Å². The average Bonchev–Trinajstić information content (AvgIpc) is 3.06. The Hall–Kier alpha value is -0.680. The van der Waals surface area contributed by atoms with Gasteiger partial charge in [-0.05, 0) is 12.8 Å². The fraction of sp³-hybridized carbons (Fsp3) is 0.714. The fourth-order valence-corrected chi connectivity index (χ4v) is 3.70. The lowest BCUT2D eigenvalue weighted by molar-refractivity contribution is -0.142. The highest BCUT2D eigenvalue weighted by Gasteiger charge is 2.60. The highest BCUT2D eigenvalue weighted by Crippen LogP contribution is 2.45. The summed E-state index contributed by atoms with van der Waals surface area (Å²) in [6, 6.07) is 0. The lowest BCUT2D eigenvalue weighted by Gasteiger charge is -2.17. The third-order valence-corrected chi connectivity index (χ3v) is 4.83. The van der Waals surface area contributed by atoms with E-state index in [1.165, 1.54) is 4.90 Å². The first kappa shape index (κ1) is 13.3. The second-order valence-corrected chi connectivity index (χ2v) is 6.23. The highest BCUT2D eigenvalue weighted by molar-refractivity contribution is 9.09. The molecule has 3 aliphatic heterocycles. The molecule has 0 aliphatic carbocycles. The van der Waals surface area contributed by atoms with Gasteiger partial charge < -0.3 is 4.74 Å². The number of amides is 2. The Kier molecular flexibility index (Phi) is 3.76. The van der Waals surface area contributed by atoms with E-state index in [-0.39, 0.29) is 35.9 Å². The number of hydrogen-bond acceptors (Lipinski definition) is 3. The number of carbonyl (C=O) groups is 2. The maximum Gasteiger partial charge on any atom is 0.236 e. The number of nitrogens with zero attached hydrogens (tertiary/aromatic N) is 1. The minimum atomic E-state index is -0.245. The van der Waals surface area contributed by atoms with Crippen molar-refractivity contribution >= 4 is 27.7 Å². The van der Waals surface area contributed by atoms with Gasteiger partial charge in [0.15, 0.2) is 0 Å². The number of fused-ring (bicyclic) bond motifs is 5. The number of likely N-dealkylation sites (tertiary alicyclic amines) is 1. The van der Waals surface area contributed by atoms with Crippen LogP contribution in [-0.4, -0.2) is 40.8 Å². The summed E-state index contributed by atoms with van der Waals surface area (Å²) in [4.78, 5) is 26.1. The van der Waals surface area contributed by atoms with E-state index in [0.29, 0.717) is 6.54 Å². The standard InChI is InChI=1S/C14H18BrNO3/c15-7-3-1-2-4-8-16-13(17)11-9-5-6-10(19-9)12(11)14(16)18/h5-6,9-12H,1-4,7-8H2/t9-,10+,11-,12+. The molecule has 0 N–H and O–H groups in total. The Morgan fingerprint density at radius 2 is 1.58 bits per heavy atom. The first-order valence-corrected chi connectivity index (χ1v) is 8.11. The quantitative estimate of drug-likeness (QED) is 0.324. The summed E-state index contributed by atoms with van der Waals surface area (Å²) in [6.07, 6.45) is 7.80. The number of imide groups is 1. The van der Waals surface area contributed by atoms with Crippen LogP contribution in [0.5, 0.6) is 0 Å². The molecule has 2 bridgehead atoms. The molecule has 3 rings (SSSR count). The predicted octanol–water partition coefficient (Wildman–Crippen LogP) is 1.88. The zero-order valence-electron chi connectivity index (χ0n) is 10.8. The number of ether oxygens (including phenoxy) is 1. The molecule has 2 fully saturated rings. The summed E-state index contributed by atoms with van der Waals surface area (Å²) in [5, 5.41) is 1.02. The molecule has 3 aliphatic rings. The van der Waals surface area contributed by atoms with Gasteiger partial charge in [-0.15, -0.1) is 0 Å². The van der Waals surface area contributed by atoms with E-state index in [9.17, 15) is 9.59 Å². The van der Waals surface area contributed by atoms with Crippen LogP contribution in [0.2, 0.25) is 0 Å². The first-order valence-electron chi connectivity index (χ1n) is 6.99. The molecule has 0 aromatic rings. The summed E-state index contributed by atoms with van der Waals surface area (Å²) in [7, 11) is 0. The summed E-state index contributed by atoms with van der Waals surface area (Å²) in [6.45, 7) is 0.576. The van der Waals surface area contributed by atoms with E-state index >= 15 is 0 Å². The van der Waals surface area contributed by atoms with Gasteiger partial charge in [0.25, 0.3) is 0 Å². The monoisotopic (exact) mass is 327 g/mol. The second-order valence-electron chi connectivity index (χ2n) is 5.43. The highest BCUT2D eigenvalue weighted by atomic mass is 79.9. The number of hydrogen-bond donors (Lipinski definition) is 0. The lowest BCUT2D eigenvalue weighted by atomic mass is 9.85. The summed E-state index contributed by atoms with van der Waals surface area (Å²) < 4.78 is 5.60. The number of rotatable bonds is 6. The molecule has 4 nitrogen and oxygen atoms in total. The predicted molar refractivity (Wildman–Crippen MR) is 73.8 cm³/mol.